The van der Waals surface area contributed by atoms with Gasteiger partial charge in [-0.25, -0.2) is 18.4 Å². The second-order valence-corrected chi connectivity index (χ2v) is 10.4. The Hall–Kier alpha value is -3.02. The average Bonchev–Trinajstić information content (AvgIpc) is 3.56. The summed E-state index contributed by atoms with van der Waals surface area (Å²) in [5, 5.41) is 6.04. The molecule has 10 nitrogen and oxygen atoms in total. The first-order valence-corrected chi connectivity index (χ1v) is 12.7. The van der Waals surface area contributed by atoms with Gasteiger partial charge in [0.1, 0.15) is 23.3 Å². The van der Waals surface area contributed by atoms with Gasteiger partial charge in [-0.3, -0.25) is 4.79 Å². The van der Waals surface area contributed by atoms with Crippen LogP contribution in [0, 0.1) is 12.8 Å². The summed E-state index contributed by atoms with van der Waals surface area (Å²) in [7, 11) is -3.57. The Balaban J connectivity index is 1.53. The molecule has 5 rings (SSSR count). The highest BCUT2D eigenvalue weighted by atomic mass is 32.2. The van der Waals surface area contributed by atoms with Gasteiger partial charge in [0.25, 0.3) is 0 Å². The Morgan fingerprint density at radius 3 is 2.67 bits per heavy atom. The van der Waals surface area contributed by atoms with Crippen molar-refractivity contribution in [3.8, 4) is 0 Å². The summed E-state index contributed by atoms with van der Waals surface area (Å²) < 4.78 is 36.5. The predicted octanol–water partition coefficient (Wildman–Crippen LogP) is 2.85. The number of hydrogen-bond donors (Lipinski definition) is 3. The van der Waals surface area contributed by atoms with E-state index in [1.807, 2.05) is 6.07 Å². The monoisotopic (exact) mass is 471 g/mol. The van der Waals surface area contributed by atoms with Crippen LogP contribution >= 0.6 is 0 Å². The van der Waals surface area contributed by atoms with Crippen molar-refractivity contribution in [2.24, 2.45) is 5.92 Å². The first-order valence-electron chi connectivity index (χ1n) is 10.8. The van der Waals surface area contributed by atoms with Crippen LogP contribution in [0.2, 0.25) is 0 Å². The number of anilines is 3. The number of hydrogen-bond acceptors (Lipinski definition) is 8. The van der Waals surface area contributed by atoms with Crippen molar-refractivity contribution >= 4 is 44.1 Å². The Labute approximate surface area is 191 Å². The Bertz CT molecular complexity index is 1330. The summed E-state index contributed by atoms with van der Waals surface area (Å²) in [6, 6.07) is 6.81. The number of pyridine rings is 1. The maximum absolute atomic E-state index is 12.6. The number of benzene rings is 1. The molecule has 2 aromatic heterocycles. The molecule has 1 saturated carbocycles. The molecule has 33 heavy (non-hydrogen) atoms. The fourth-order valence-electron chi connectivity index (χ4n) is 3.81. The third kappa shape index (κ3) is 4.70. The standard InChI is InChI=1S/C22H25N5O5S/c1-12-23-20-16(10-19(26-21(20)24-12)27-22(28)13-3-4-13)25-15-6-5-14(9-18(15)33(2,29)30)17-11-31-7-8-32-17/h5-6,9-10,13,17H,3-4,7-8,11H2,1-2H3,(H3,23,24,25,26,27,28)/t17-/m0/s1. The molecular formula is C22H25N5O5S. The van der Waals surface area contributed by atoms with Gasteiger partial charge in [-0.1, -0.05) is 6.07 Å². The number of aryl methyl sites for hydroxylation is 1. The number of nitrogens with zero attached hydrogens (tertiary/aromatic N) is 2. The number of ether oxygens (including phenoxy) is 2. The average molecular weight is 472 g/mol. The molecule has 2 fully saturated rings. The number of H-pyrrole nitrogens is 1. The number of carbonyl (C=O) groups excluding carboxylic acids is 1. The smallest absolute Gasteiger partial charge is 0.228 e. The van der Waals surface area contributed by atoms with Crippen LogP contribution in [0.25, 0.3) is 11.2 Å². The maximum atomic E-state index is 12.6. The molecule has 1 amide bonds. The molecule has 174 valence electrons. The zero-order chi connectivity index (χ0) is 23.2. The Morgan fingerprint density at radius 1 is 1.15 bits per heavy atom. The molecule has 0 radical (unpaired) electrons. The molecule has 0 unspecified atom stereocenters. The quantitative estimate of drug-likeness (QED) is 0.499. The van der Waals surface area contributed by atoms with Crippen molar-refractivity contribution in [1.82, 2.24) is 15.0 Å². The molecule has 11 heteroatoms. The van der Waals surface area contributed by atoms with Crippen LogP contribution in [0.15, 0.2) is 29.2 Å². The molecule has 3 aromatic rings. The minimum atomic E-state index is -3.57. The van der Waals surface area contributed by atoms with Gasteiger partial charge in [-0.2, -0.15) is 0 Å². The normalized spacial score (nSPS) is 18.9. The van der Waals surface area contributed by atoms with E-state index in [2.05, 4.69) is 25.6 Å². The summed E-state index contributed by atoms with van der Waals surface area (Å²) in [5.41, 5.74) is 2.70. The predicted molar refractivity (Wildman–Crippen MR) is 122 cm³/mol. The minimum Gasteiger partial charge on any atom is -0.376 e. The van der Waals surface area contributed by atoms with E-state index in [-0.39, 0.29) is 22.8 Å². The Morgan fingerprint density at radius 2 is 1.97 bits per heavy atom. The molecule has 0 spiro atoms. The van der Waals surface area contributed by atoms with Gasteiger partial charge in [0, 0.05) is 18.2 Å². The lowest BCUT2D eigenvalue weighted by Gasteiger charge is -2.24. The number of imidazole rings is 1. The SMILES string of the molecule is Cc1nc2c(Nc3ccc([C@@H]4COCCO4)cc3S(C)(=O)=O)cc(NC(=O)C3CC3)nc2[nH]1. The van der Waals surface area contributed by atoms with Crippen LogP contribution in [-0.2, 0) is 24.1 Å². The van der Waals surface area contributed by atoms with Gasteiger partial charge < -0.3 is 25.1 Å². The van der Waals surface area contributed by atoms with Crippen molar-refractivity contribution in [3.63, 3.8) is 0 Å². The number of fused-ring (bicyclic) bond motifs is 1. The third-order valence-electron chi connectivity index (χ3n) is 5.63. The summed E-state index contributed by atoms with van der Waals surface area (Å²) in [5.74, 6) is 0.980. The number of rotatable bonds is 6. The number of aromatic nitrogens is 3. The zero-order valence-electron chi connectivity index (χ0n) is 18.3. The molecular weight excluding hydrogens is 446 g/mol. The van der Waals surface area contributed by atoms with E-state index in [1.54, 1.807) is 25.1 Å². The molecule has 1 aliphatic heterocycles. The van der Waals surface area contributed by atoms with Gasteiger partial charge in [-0.15, -0.1) is 0 Å². The second kappa shape index (κ2) is 8.40. The number of carbonyl (C=O) groups is 1. The van der Waals surface area contributed by atoms with Gasteiger partial charge in [0.15, 0.2) is 15.5 Å². The Kier molecular flexibility index (Phi) is 5.55. The van der Waals surface area contributed by atoms with Crippen molar-refractivity contribution in [1.29, 1.82) is 0 Å². The topological polar surface area (TPSA) is 135 Å². The van der Waals surface area contributed by atoms with Gasteiger partial charge in [-0.05, 0) is 37.5 Å². The highest BCUT2D eigenvalue weighted by molar-refractivity contribution is 7.90. The van der Waals surface area contributed by atoms with E-state index in [0.29, 0.717) is 54.0 Å². The number of nitrogens with one attached hydrogen (secondary N) is 3. The first-order chi connectivity index (χ1) is 15.8. The van der Waals surface area contributed by atoms with Crippen LogP contribution < -0.4 is 10.6 Å². The van der Waals surface area contributed by atoms with Gasteiger partial charge in [0.2, 0.25) is 5.91 Å². The van der Waals surface area contributed by atoms with E-state index in [1.165, 1.54) is 0 Å². The van der Waals surface area contributed by atoms with Crippen molar-refractivity contribution in [2.75, 3.05) is 36.7 Å². The summed E-state index contributed by atoms with van der Waals surface area (Å²) in [4.78, 5) is 24.4. The number of sulfone groups is 1. The number of aromatic amines is 1. The summed E-state index contributed by atoms with van der Waals surface area (Å²) in [6.07, 6.45) is 2.60. The van der Waals surface area contributed by atoms with Crippen molar-refractivity contribution in [2.45, 2.75) is 30.8 Å². The largest absolute Gasteiger partial charge is 0.376 e. The van der Waals surface area contributed by atoms with Crippen LogP contribution in [0.1, 0.15) is 30.3 Å². The van der Waals surface area contributed by atoms with Crippen LogP contribution in [0.3, 0.4) is 0 Å². The minimum absolute atomic E-state index is 0.0257. The van der Waals surface area contributed by atoms with Crippen LogP contribution in [-0.4, -0.2) is 55.4 Å². The molecule has 2 aliphatic rings. The van der Waals surface area contributed by atoms with E-state index >= 15 is 0 Å². The molecule has 1 aromatic carbocycles. The van der Waals surface area contributed by atoms with Crippen molar-refractivity contribution in [3.05, 3.63) is 35.7 Å². The second-order valence-electron chi connectivity index (χ2n) is 8.43. The summed E-state index contributed by atoms with van der Waals surface area (Å²) in [6.45, 7) is 3.16. The first kappa shape index (κ1) is 21.8. The molecule has 1 atom stereocenters. The lowest BCUT2D eigenvalue weighted by atomic mass is 10.1. The van der Waals surface area contributed by atoms with Crippen LogP contribution in [0.5, 0.6) is 0 Å². The maximum Gasteiger partial charge on any atom is 0.228 e. The molecule has 0 bridgehead atoms. The lowest BCUT2D eigenvalue weighted by molar-refractivity contribution is -0.117. The fourth-order valence-corrected chi connectivity index (χ4v) is 4.68. The van der Waals surface area contributed by atoms with Gasteiger partial charge >= 0.3 is 0 Å². The molecule has 1 aliphatic carbocycles. The molecule has 1 saturated heterocycles. The van der Waals surface area contributed by atoms with Gasteiger partial charge in [0.05, 0.1) is 36.1 Å². The molecule has 3 N–H and O–H groups in total. The molecule has 3 heterocycles. The van der Waals surface area contributed by atoms with E-state index < -0.39 is 9.84 Å². The zero-order valence-corrected chi connectivity index (χ0v) is 19.2. The van der Waals surface area contributed by atoms with Crippen LogP contribution in [0.4, 0.5) is 17.2 Å². The third-order valence-corrected chi connectivity index (χ3v) is 6.77. The lowest BCUT2D eigenvalue weighted by Crippen LogP contribution is -2.22. The van der Waals surface area contributed by atoms with E-state index in [9.17, 15) is 13.2 Å². The number of amides is 1. The summed E-state index contributed by atoms with van der Waals surface area (Å²) >= 11 is 0. The highest BCUT2D eigenvalue weighted by Gasteiger charge is 2.30. The highest BCUT2D eigenvalue weighted by Crippen LogP contribution is 2.34. The fraction of sp³-hybridized carbons (Fsp3) is 0.409. The van der Waals surface area contributed by atoms with E-state index in [4.69, 9.17) is 9.47 Å². The van der Waals surface area contributed by atoms with Crippen molar-refractivity contribution < 1.29 is 22.7 Å². The van der Waals surface area contributed by atoms with E-state index in [0.717, 1.165) is 24.7 Å².